The highest BCUT2D eigenvalue weighted by molar-refractivity contribution is 5.91. The van der Waals surface area contributed by atoms with Crippen molar-refractivity contribution in [3.05, 3.63) is 59.4 Å². The van der Waals surface area contributed by atoms with Gasteiger partial charge in [0.1, 0.15) is 0 Å². The summed E-state index contributed by atoms with van der Waals surface area (Å²) in [4.78, 5) is 15.9. The molecule has 0 saturated carbocycles. The van der Waals surface area contributed by atoms with Crippen molar-refractivity contribution in [2.24, 2.45) is 0 Å². The number of anilines is 1. The minimum Gasteiger partial charge on any atom is -0.392 e. The number of carbonyl (C=O) groups excluding carboxylic acids is 1. The largest absolute Gasteiger partial charge is 0.392 e. The third-order valence-corrected chi connectivity index (χ3v) is 3.08. The Kier molecular flexibility index (Phi) is 4.85. The normalized spacial score (nSPS) is 10.3. The van der Waals surface area contributed by atoms with Gasteiger partial charge in [0, 0.05) is 18.2 Å². The van der Waals surface area contributed by atoms with Crippen LogP contribution in [-0.2, 0) is 17.8 Å². The average Bonchev–Trinajstić information content (AvgIpc) is 2.46. The summed E-state index contributed by atoms with van der Waals surface area (Å²) in [5.41, 5.74) is 3.58. The quantitative estimate of drug-likeness (QED) is 0.877. The monoisotopic (exact) mass is 270 g/mol. The molecular weight excluding hydrogens is 252 g/mol. The van der Waals surface area contributed by atoms with Crippen molar-refractivity contribution in [1.29, 1.82) is 0 Å². The fourth-order valence-electron chi connectivity index (χ4n) is 2.01. The Morgan fingerprint density at radius 2 is 2.20 bits per heavy atom. The zero-order valence-corrected chi connectivity index (χ0v) is 11.5. The first-order valence-corrected chi connectivity index (χ1v) is 6.58. The zero-order valence-electron chi connectivity index (χ0n) is 11.5. The second-order valence-electron chi connectivity index (χ2n) is 4.73. The van der Waals surface area contributed by atoms with Gasteiger partial charge in [-0.25, -0.2) is 0 Å². The lowest BCUT2D eigenvalue weighted by Gasteiger charge is -2.08. The fourth-order valence-corrected chi connectivity index (χ4v) is 2.01. The highest BCUT2D eigenvalue weighted by Gasteiger charge is 2.07. The smallest absolute Gasteiger partial charge is 0.224 e. The second kappa shape index (κ2) is 6.82. The molecule has 2 aromatic rings. The Hall–Kier alpha value is -2.20. The van der Waals surface area contributed by atoms with Crippen LogP contribution in [0.1, 0.15) is 23.1 Å². The van der Waals surface area contributed by atoms with Gasteiger partial charge in [0.2, 0.25) is 5.91 Å². The summed E-state index contributed by atoms with van der Waals surface area (Å²) in [5, 5.41) is 12.0. The first-order valence-electron chi connectivity index (χ1n) is 6.58. The number of rotatable bonds is 5. The number of hydrogen-bond acceptors (Lipinski definition) is 3. The van der Waals surface area contributed by atoms with Crippen molar-refractivity contribution >= 4 is 11.6 Å². The first-order chi connectivity index (χ1) is 9.69. The van der Waals surface area contributed by atoms with Gasteiger partial charge in [0.15, 0.2) is 0 Å². The van der Waals surface area contributed by atoms with Gasteiger partial charge in [-0.3, -0.25) is 9.78 Å². The summed E-state index contributed by atoms with van der Waals surface area (Å²) in [6, 6.07) is 9.82. The summed E-state index contributed by atoms with van der Waals surface area (Å²) in [7, 11) is 0. The van der Waals surface area contributed by atoms with E-state index in [1.54, 1.807) is 18.5 Å². The van der Waals surface area contributed by atoms with E-state index in [0.29, 0.717) is 24.1 Å². The molecule has 4 heteroatoms. The number of aromatic nitrogens is 1. The molecule has 1 heterocycles. The molecule has 0 fully saturated rings. The number of aryl methyl sites for hydroxylation is 2. The predicted molar refractivity (Wildman–Crippen MR) is 78.3 cm³/mol. The zero-order chi connectivity index (χ0) is 14.4. The van der Waals surface area contributed by atoms with Crippen LogP contribution in [0.4, 0.5) is 5.69 Å². The van der Waals surface area contributed by atoms with Gasteiger partial charge in [-0.05, 0) is 25.0 Å². The molecule has 0 aliphatic carbocycles. The highest BCUT2D eigenvalue weighted by Crippen LogP contribution is 2.14. The van der Waals surface area contributed by atoms with E-state index in [4.69, 9.17) is 0 Å². The molecule has 0 saturated heterocycles. The van der Waals surface area contributed by atoms with Crippen LogP contribution in [0, 0.1) is 6.92 Å². The van der Waals surface area contributed by atoms with Gasteiger partial charge in [0.05, 0.1) is 18.5 Å². The molecular formula is C16H18N2O2. The Balaban J connectivity index is 1.93. The van der Waals surface area contributed by atoms with Crippen molar-refractivity contribution < 1.29 is 9.90 Å². The molecule has 20 heavy (non-hydrogen) atoms. The third kappa shape index (κ3) is 3.90. The number of benzene rings is 1. The van der Waals surface area contributed by atoms with Gasteiger partial charge >= 0.3 is 0 Å². The minimum atomic E-state index is -0.115. The lowest BCUT2D eigenvalue weighted by molar-refractivity contribution is -0.116. The van der Waals surface area contributed by atoms with Gasteiger partial charge in [0.25, 0.3) is 0 Å². The molecule has 1 amide bonds. The van der Waals surface area contributed by atoms with Gasteiger partial charge < -0.3 is 10.4 Å². The molecule has 0 radical (unpaired) electrons. The number of hydrogen-bond donors (Lipinski definition) is 2. The molecule has 104 valence electrons. The van der Waals surface area contributed by atoms with E-state index in [1.165, 1.54) is 5.56 Å². The maximum Gasteiger partial charge on any atom is 0.224 e. The van der Waals surface area contributed by atoms with E-state index in [1.807, 2.05) is 25.1 Å². The Morgan fingerprint density at radius 1 is 1.35 bits per heavy atom. The lowest BCUT2D eigenvalue weighted by Crippen LogP contribution is -2.14. The SMILES string of the molecule is Cc1cccc(CCC(=O)Nc2cnccc2CO)c1. The maximum absolute atomic E-state index is 11.9. The number of amides is 1. The van der Waals surface area contributed by atoms with E-state index >= 15 is 0 Å². The molecule has 0 unspecified atom stereocenters. The minimum absolute atomic E-state index is 0.0748. The molecule has 0 atom stereocenters. The molecule has 1 aromatic heterocycles. The number of nitrogens with one attached hydrogen (secondary N) is 1. The molecule has 2 rings (SSSR count). The number of nitrogens with zero attached hydrogens (tertiary/aromatic N) is 1. The predicted octanol–water partition coefficient (Wildman–Crippen LogP) is 2.45. The van der Waals surface area contributed by atoms with E-state index in [0.717, 1.165) is 5.56 Å². The van der Waals surface area contributed by atoms with Gasteiger partial charge in [-0.15, -0.1) is 0 Å². The summed E-state index contributed by atoms with van der Waals surface area (Å²) in [6.45, 7) is 1.92. The van der Waals surface area contributed by atoms with Crippen molar-refractivity contribution in [2.75, 3.05) is 5.32 Å². The van der Waals surface area contributed by atoms with Crippen LogP contribution in [0.5, 0.6) is 0 Å². The molecule has 4 nitrogen and oxygen atoms in total. The fraction of sp³-hybridized carbons (Fsp3) is 0.250. The Labute approximate surface area is 118 Å². The van der Waals surface area contributed by atoms with Crippen LogP contribution in [0.3, 0.4) is 0 Å². The third-order valence-electron chi connectivity index (χ3n) is 3.08. The van der Waals surface area contributed by atoms with Crippen molar-refractivity contribution in [1.82, 2.24) is 4.98 Å². The van der Waals surface area contributed by atoms with Crippen molar-refractivity contribution in [3.8, 4) is 0 Å². The Bertz CT molecular complexity index is 597. The van der Waals surface area contributed by atoms with E-state index in [-0.39, 0.29) is 12.5 Å². The number of aliphatic hydroxyl groups is 1. The molecule has 0 aliphatic rings. The molecule has 2 N–H and O–H groups in total. The van der Waals surface area contributed by atoms with E-state index in [2.05, 4.69) is 16.4 Å². The molecule has 0 spiro atoms. The van der Waals surface area contributed by atoms with Gasteiger partial charge in [-0.2, -0.15) is 0 Å². The first kappa shape index (κ1) is 14.2. The van der Waals surface area contributed by atoms with Crippen LogP contribution in [-0.4, -0.2) is 16.0 Å². The summed E-state index contributed by atoms with van der Waals surface area (Å²) in [6.07, 6.45) is 4.25. The topological polar surface area (TPSA) is 62.2 Å². The summed E-state index contributed by atoms with van der Waals surface area (Å²) < 4.78 is 0. The summed E-state index contributed by atoms with van der Waals surface area (Å²) >= 11 is 0. The van der Waals surface area contributed by atoms with Crippen LogP contribution < -0.4 is 5.32 Å². The van der Waals surface area contributed by atoms with Crippen molar-refractivity contribution in [2.45, 2.75) is 26.4 Å². The van der Waals surface area contributed by atoms with Crippen LogP contribution in [0.2, 0.25) is 0 Å². The van der Waals surface area contributed by atoms with Crippen LogP contribution in [0.25, 0.3) is 0 Å². The lowest BCUT2D eigenvalue weighted by atomic mass is 10.1. The highest BCUT2D eigenvalue weighted by atomic mass is 16.3. The van der Waals surface area contributed by atoms with E-state index in [9.17, 15) is 9.90 Å². The Morgan fingerprint density at radius 3 is 2.95 bits per heavy atom. The second-order valence-corrected chi connectivity index (χ2v) is 4.73. The van der Waals surface area contributed by atoms with Crippen LogP contribution in [0.15, 0.2) is 42.7 Å². The summed E-state index contributed by atoms with van der Waals surface area (Å²) in [5.74, 6) is -0.0748. The molecule has 0 bridgehead atoms. The number of pyridine rings is 1. The van der Waals surface area contributed by atoms with Crippen LogP contribution >= 0.6 is 0 Å². The standard InChI is InChI=1S/C16H18N2O2/c1-12-3-2-4-13(9-12)5-6-16(20)18-15-10-17-8-7-14(15)11-19/h2-4,7-10,19H,5-6,11H2,1H3,(H,18,20). The average molecular weight is 270 g/mol. The number of carbonyl (C=O) groups is 1. The maximum atomic E-state index is 11.9. The van der Waals surface area contributed by atoms with E-state index < -0.39 is 0 Å². The van der Waals surface area contributed by atoms with Crippen molar-refractivity contribution in [3.63, 3.8) is 0 Å². The molecule has 0 aliphatic heterocycles. The molecule has 1 aromatic carbocycles. The van der Waals surface area contributed by atoms with Gasteiger partial charge in [-0.1, -0.05) is 29.8 Å². The number of aliphatic hydroxyl groups excluding tert-OH is 1.